The van der Waals surface area contributed by atoms with Gasteiger partial charge in [0.1, 0.15) is 11.4 Å². The number of carbonyl (C=O) groups is 1. The summed E-state index contributed by atoms with van der Waals surface area (Å²) >= 11 is 0. The van der Waals surface area contributed by atoms with E-state index in [0.29, 0.717) is 5.69 Å². The smallest absolute Gasteiger partial charge is 0.270 e. The molecule has 2 aliphatic heterocycles. The number of ether oxygens (including phenoxy) is 1. The van der Waals surface area contributed by atoms with E-state index in [0.717, 1.165) is 68.6 Å². The van der Waals surface area contributed by atoms with E-state index in [9.17, 15) is 4.79 Å². The number of nitrogens with one attached hydrogen (secondary N) is 1. The van der Waals surface area contributed by atoms with Crippen LogP contribution in [0, 0.1) is 0 Å². The van der Waals surface area contributed by atoms with E-state index in [1.165, 1.54) is 0 Å². The predicted octanol–water partition coefficient (Wildman–Crippen LogP) is 2.42. The highest BCUT2D eigenvalue weighted by molar-refractivity contribution is 5.98. The Kier molecular flexibility index (Phi) is 4.86. The lowest BCUT2D eigenvalue weighted by molar-refractivity contribution is 0.0315. The number of hydrogen-bond donors (Lipinski definition) is 1. The molecule has 1 aromatic carbocycles. The average molecular weight is 370 g/mol. The average Bonchev–Trinajstić information content (AvgIpc) is 3.04. The van der Waals surface area contributed by atoms with Gasteiger partial charge in [0.15, 0.2) is 0 Å². The molecule has 2 fully saturated rings. The first-order valence-corrected chi connectivity index (χ1v) is 9.87. The van der Waals surface area contributed by atoms with Gasteiger partial charge in [0.2, 0.25) is 0 Å². The largest absolute Gasteiger partial charge is 0.497 e. The van der Waals surface area contributed by atoms with E-state index in [2.05, 4.69) is 33.8 Å². The molecule has 2 saturated heterocycles. The lowest BCUT2D eigenvalue weighted by atomic mass is 9.85. The number of likely N-dealkylation sites (tertiary alicyclic amines) is 1. The first-order valence-electron chi connectivity index (χ1n) is 9.87. The zero-order chi connectivity index (χ0) is 19.0. The Morgan fingerprint density at radius 2 is 1.89 bits per heavy atom. The van der Waals surface area contributed by atoms with Gasteiger partial charge in [-0.15, -0.1) is 0 Å². The molecule has 0 unspecified atom stereocenters. The number of H-pyrrole nitrogens is 1. The van der Waals surface area contributed by atoms with Gasteiger partial charge in [-0.05, 0) is 70.7 Å². The molecule has 2 aromatic rings. The van der Waals surface area contributed by atoms with Crippen LogP contribution in [0.5, 0.6) is 5.75 Å². The number of methoxy groups -OCH3 is 1. The molecule has 0 aliphatic carbocycles. The lowest BCUT2D eigenvalue weighted by Crippen LogP contribution is -2.58. The number of fused-ring (bicyclic) bond motifs is 1. The van der Waals surface area contributed by atoms with Crippen molar-refractivity contribution >= 4 is 16.8 Å². The van der Waals surface area contributed by atoms with Gasteiger partial charge in [0, 0.05) is 36.1 Å². The second-order valence-corrected chi connectivity index (χ2v) is 8.17. The maximum absolute atomic E-state index is 13.3. The van der Waals surface area contributed by atoms with Gasteiger partial charge in [-0.3, -0.25) is 9.69 Å². The topological polar surface area (TPSA) is 51.8 Å². The summed E-state index contributed by atoms with van der Waals surface area (Å²) in [7, 11) is 6.08. The summed E-state index contributed by atoms with van der Waals surface area (Å²) in [4.78, 5) is 23.6. The second-order valence-electron chi connectivity index (χ2n) is 8.17. The van der Waals surface area contributed by atoms with Crippen LogP contribution in [0.4, 0.5) is 0 Å². The summed E-state index contributed by atoms with van der Waals surface area (Å²) in [5.41, 5.74) is 1.75. The summed E-state index contributed by atoms with van der Waals surface area (Å²) < 4.78 is 5.30. The van der Waals surface area contributed by atoms with Crippen molar-refractivity contribution in [1.82, 2.24) is 19.7 Å². The normalized spacial score (nSPS) is 21.5. The fourth-order valence-corrected chi connectivity index (χ4v) is 4.56. The number of amides is 1. The highest BCUT2D eigenvalue weighted by Gasteiger charge is 2.41. The molecule has 3 heterocycles. The Morgan fingerprint density at radius 3 is 2.63 bits per heavy atom. The van der Waals surface area contributed by atoms with Crippen molar-refractivity contribution in [2.24, 2.45) is 0 Å². The van der Waals surface area contributed by atoms with Crippen LogP contribution in [0.15, 0.2) is 24.3 Å². The van der Waals surface area contributed by atoms with Crippen molar-refractivity contribution in [2.75, 3.05) is 53.9 Å². The summed E-state index contributed by atoms with van der Waals surface area (Å²) in [6.45, 7) is 4.88. The Morgan fingerprint density at radius 1 is 1.11 bits per heavy atom. The SMILES string of the molecule is COc1ccc2[nH]c(C(=O)N3CCCN(C)C4(CCN(C)CC4)C3)cc2c1. The minimum absolute atomic E-state index is 0.105. The van der Waals surface area contributed by atoms with E-state index in [1.54, 1.807) is 7.11 Å². The van der Waals surface area contributed by atoms with E-state index in [-0.39, 0.29) is 11.4 Å². The zero-order valence-corrected chi connectivity index (χ0v) is 16.6. The molecule has 1 amide bonds. The van der Waals surface area contributed by atoms with Crippen LogP contribution in [-0.2, 0) is 0 Å². The van der Waals surface area contributed by atoms with E-state index in [4.69, 9.17) is 4.74 Å². The maximum atomic E-state index is 13.3. The molecule has 0 bridgehead atoms. The van der Waals surface area contributed by atoms with Crippen molar-refractivity contribution in [3.63, 3.8) is 0 Å². The first kappa shape index (κ1) is 18.3. The van der Waals surface area contributed by atoms with Gasteiger partial charge < -0.3 is 19.5 Å². The maximum Gasteiger partial charge on any atom is 0.270 e. The van der Waals surface area contributed by atoms with Gasteiger partial charge in [-0.25, -0.2) is 0 Å². The highest BCUT2D eigenvalue weighted by Crippen LogP contribution is 2.31. The molecule has 2 aliphatic rings. The van der Waals surface area contributed by atoms with Gasteiger partial charge in [0.25, 0.3) is 5.91 Å². The summed E-state index contributed by atoms with van der Waals surface area (Å²) in [6.07, 6.45) is 3.26. The highest BCUT2D eigenvalue weighted by atomic mass is 16.5. The van der Waals surface area contributed by atoms with Gasteiger partial charge in [0.05, 0.1) is 7.11 Å². The van der Waals surface area contributed by atoms with Gasteiger partial charge in [-0.1, -0.05) is 0 Å². The van der Waals surface area contributed by atoms with Gasteiger partial charge in [-0.2, -0.15) is 0 Å². The molecule has 1 aromatic heterocycles. The number of hydrogen-bond acceptors (Lipinski definition) is 4. The third-order valence-corrected chi connectivity index (χ3v) is 6.48. The van der Waals surface area contributed by atoms with Crippen LogP contribution in [0.2, 0.25) is 0 Å². The third-order valence-electron chi connectivity index (χ3n) is 6.48. The van der Waals surface area contributed by atoms with Crippen LogP contribution < -0.4 is 4.74 Å². The molecule has 1 N–H and O–H groups in total. The Bertz CT molecular complexity index is 823. The summed E-state index contributed by atoms with van der Waals surface area (Å²) in [5, 5.41) is 1.01. The lowest BCUT2D eigenvalue weighted by Gasteiger charge is -2.47. The first-order chi connectivity index (χ1) is 13.0. The summed E-state index contributed by atoms with van der Waals surface area (Å²) in [6, 6.07) is 7.81. The number of aromatic amines is 1. The number of rotatable bonds is 2. The van der Waals surface area contributed by atoms with Crippen molar-refractivity contribution < 1.29 is 9.53 Å². The fraction of sp³-hybridized carbons (Fsp3) is 0.571. The minimum atomic E-state index is 0.105. The molecule has 0 radical (unpaired) electrons. The van der Waals surface area contributed by atoms with Crippen LogP contribution in [0.25, 0.3) is 10.9 Å². The molecule has 146 valence electrons. The quantitative estimate of drug-likeness (QED) is 0.882. The number of carbonyl (C=O) groups excluding carboxylic acids is 1. The van der Waals surface area contributed by atoms with Crippen LogP contribution in [0.1, 0.15) is 29.8 Å². The third kappa shape index (κ3) is 3.44. The molecule has 0 atom stereocenters. The minimum Gasteiger partial charge on any atom is -0.497 e. The second kappa shape index (κ2) is 7.17. The van der Waals surface area contributed by atoms with Crippen molar-refractivity contribution in [1.29, 1.82) is 0 Å². The monoisotopic (exact) mass is 370 g/mol. The fourth-order valence-electron chi connectivity index (χ4n) is 4.56. The van der Waals surface area contributed by atoms with Crippen molar-refractivity contribution in [3.8, 4) is 5.75 Å². The molecular formula is C21H30N4O2. The molecule has 4 rings (SSSR count). The van der Waals surface area contributed by atoms with Crippen LogP contribution >= 0.6 is 0 Å². The predicted molar refractivity (Wildman–Crippen MR) is 107 cm³/mol. The molecule has 6 nitrogen and oxygen atoms in total. The van der Waals surface area contributed by atoms with Crippen LogP contribution in [-0.4, -0.2) is 85.1 Å². The Hall–Kier alpha value is -2.05. The van der Waals surface area contributed by atoms with E-state index >= 15 is 0 Å². The Labute approximate surface area is 161 Å². The molecule has 6 heteroatoms. The summed E-state index contributed by atoms with van der Waals surface area (Å²) in [5.74, 6) is 0.918. The molecule has 27 heavy (non-hydrogen) atoms. The molecular weight excluding hydrogens is 340 g/mol. The Balaban J connectivity index is 1.59. The molecule has 0 saturated carbocycles. The number of nitrogens with zero attached hydrogens (tertiary/aromatic N) is 3. The van der Waals surface area contributed by atoms with Crippen LogP contribution in [0.3, 0.4) is 0 Å². The standard InChI is InChI=1S/C21H30N4O2/c1-23-11-7-21(8-12-23)15-25(10-4-9-24(21)2)20(26)19-14-16-13-17(27-3)5-6-18(16)22-19/h5-6,13-14,22H,4,7-12,15H2,1-3H3. The molecule has 1 spiro atoms. The van der Waals surface area contributed by atoms with E-state index < -0.39 is 0 Å². The number of likely N-dealkylation sites (N-methyl/N-ethyl adjacent to an activating group) is 1. The number of piperidine rings is 1. The van der Waals surface area contributed by atoms with Gasteiger partial charge >= 0.3 is 0 Å². The van der Waals surface area contributed by atoms with Crippen molar-refractivity contribution in [3.05, 3.63) is 30.0 Å². The number of benzene rings is 1. The zero-order valence-electron chi connectivity index (χ0n) is 16.6. The van der Waals surface area contributed by atoms with Crippen molar-refractivity contribution in [2.45, 2.75) is 24.8 Å². The van der Waals surface area contributed by atoms with E-state index in [1.807, 2.05) is 24.3 Å². The number of aromatic nitrogens is 1.